The van der Waals surface area contributed by atoms with E-state index < -0.39 is 0 Å². The van der Waals surface area contributed by atoms with Gasteiger partial charge in [-0.05, 0) is 40.7 Å². The third-order valence-corrected chi connectivity index (χ3v) is 4.53. The van der Waals surface area contributed by atoms with E-state index in [4.69, 9.17) is 0 Å². The molecule has 1 radical (unpaired) electrons. The summed E-state index contributed by atoms with van der Waals surface area (Å²) in [5.74, 6) is 0. The van der Waals surface area contributed by atoms with Crippen LogP contribution in [0.2, 0.25) is 0 Å². The van der Waals surface area contributed by atoms with Crippen molar-refractivity contribution in [3.63, 3.8) is 0 Å². The largest absolute Gasteiger partial charge is 0.0654 e. The average molecular weight is 289 g/mol. The van der Waals surface area contributed by atoms with Crippen molar-refractivity contribution < 1.29 is 0 Å². The molecule has 0 spiro atoms. The Morgan fingerprint density at radius 3 is 2.27 bits per heavy atom. The fourth-order valence-electron chi connectivity index (χ4n) is 3.34. The van der Waals surface area contributed by atoms with E-state index in [9.17, 15) is 0 Å². The second-order valence-corrected chi connectivity index (χ2v) is 6.15. The van der Waals surface area contributed by atoms with Crippen LogP contribution in [0.25, 0.3) is 11.1 Å². The summed E-state index contributed by atoms with van der Waals surface area (Å²) >= 11 is 0. The number of hydrogen-bond acceptors (Lipinski definition) is 0. The Morgan fingerprint density at radius 1 is 0.727 bits per heavy atom. The zero-order valence-corrected chi connectivity index (χ0v) is 13.5. The molecule has 1 aliphatic carbocycles. The Balaban J connectivity index is 1.81. The summed E-state index contributed by atoms with van der Waals surface area (Å²) in [5.41, 5.74) is 7.14. The summed E-state index contributed by atoms with van der Waals surface area (Å²) in [6.07, 6.45) is 10.3. The van der Waals surface area contributed by atoms with Gasteiger partial charge in [0.05, 0.1) is 0 Å². The minimum absolute atomic E-state index is 1.20. The molecule has 1 aliphatic rings. The van der Waals surface area contributed by atoms with Crippen molar-refractivity contribution in [3.8, 4) is 0 Å². The predicted molar refractivity (Wildman–Crippen MR) is 96.5 cm³/mol. The minimum atomic E-state index is 1.20. The Bertz CT molecular complexity index is 634. The van der Waals surface area contributed by atoms with Gasteiger partial charge in [0.15, 0.2) is 0 Å². The first kappa shape index (κ1) is 15.1. The molecule has 0 atom stereocenters. The van der Waals surface area contributed by atoms with Crippen LogP contribution in [0.3, 0.4) is 0 Å². The normalized spacial score (nSPS) is 13.5. The van der Waals surface area contributed by atoms with Crippen LogP contribution in [0, 0.1) is 6.42 Å². The van der Waals surface area contributed by atoms with Gasteiger partial charge in [-0.2, -0.15) is 0 Å². The second-order valence-electron chi connectivity index (χ2n) is 6.15. The fourth-order valence-corrected chi connectivity index (χ4v) is 3.34. The summed E-state index contributed by atoms with van der Waals surface area (Å²) in [6.45, 7) is 2.28. The number of allylic oxidation sites excluding steroid dienone is 2. The van der Waals surface area contributed by atoms with E-state index in [2.05, 4.69) is 67.9 Å². The Hall–Kier alpha value is -1.82. The van der Waals surface area contributed by atoms with Gasteiger partial charge in [0.2, 0.25) is 0 Å². The van der Waals surface area contributed by atoms with Crippen LogP contribution >= 0.6 is 0 Å². The molecule has 0 unspecified atom stereocenters. The van der Waals surface area contributed by atoms with Crippen molar-refractivity contribution in [2.75, 3.05) is 0 Å². The highest BCUT2D eigenvalue weighted by Crippen LogP contribution is 2.42. The topological polar surface area (TPSA) is 0 Å². The summed E-state index contributed by atoms with van der Waals surface area (Å²) < 4.78 is 0. The van der Waals surface area contributed by atoms with E-state index in [-0.39, 0.29) is 0 Å². The molecule has 113 valence electrons. The minimum Gasteiger partial charge on any atom is -0.0654 e. The number of benzene rings is 2. The maximum atomic E-state index is 2.37. The first-order valence-electron chi connectivity index (χ1n) is 8.63. The highest BCUT2D eigenvalue weighted by molar-refractivity contribution is 6.02. The van der Waals surface area contributed by atoms with Crippen LogP contribution in [-0.2, 0) is 0 Å². The zero-order chi connectivity index (χ0) is 15.2. The smallest absolute Gasteiger partial charge is 0.0214 e. The summed E-state index contributed by atoms with van der Waals surface area (Å²) in [7, 11) is 0. The van der Waals surface area contributed by atoms with E-state index in [0.29, 0.717) is 0 Å². The molecule has 22 heavy (non-hydrogen) atoms. The van der Waals surface area contributed by atoms with E-state index in [1.54, 1.807) is 5.57 Å². The molecule has 3 rings (SSSR count). The molecule has 2 aromatic carbocycles. The molecule has 0 heterocycles. The molecule has 0 saturated carbocycles. The molecule has 0 aromatic heterocycles. The van der Waals surface area contributed by atoms with Crippen LogP contribution in [0.5, 0.6) is 0 Å². The van der Waals surface area contributed by atoms with Gasteiger partial charge in [0.25, 0.3) is 0 Å². The standard InChI is InChI=1S/C22H25/c1-2-3-4-5-9-16-21-20-15-11-10-14-19(20)17-22(21)18-12-7-6-8-13-18/h6-8,10-15,17H,2-5,9,16H2,1H3. The monoisotopic (exact) mass is 289 g/mol. The maximum absolute atomic E-state index is 2.37. The van der Waals surface area contributed by atoms with Gasteiger partial charge in [-0.1, -0.05) is 87.2 Å². The molecule has 0 saturated heterocycles. The lowest BCUT2D eigenvalue weighted by Crippen LogP contribution is -1.87. The van der Waals surface area contributed by atoms with Gasteiger partial charge in [-0.25, -0.2) is 0 Å². The Kier molecular flexibility index (Phi) is 5.11. The number of fused-ring (bicyclic) bond motifs is 1. The highest BCUT2D eigenvalue weighted by Gasteiger charge is 2.21. The summed E-state index contributed by atoms with van der Waals surface area (Å²) in [4.78, 5) is 0. The summed E-state index contributed by atoms with van der Waals surface area (Å²) in [6, 6.07) is 19.7. The van der Waals surface area contributed by atoms with E-state index in [1.165, 1.54) is 60.8 Å². The van der Waals surface area contributed by atoms with Crippen molar-refractivity contribution in [3.05, 3.63) is 77.7 Å². The molecule has 0 amide bonds. The van der Waals surface area contributed by atoms with Gasteiger partial charge in [-0.15, -0.1) is 0 Å². The highest BCUT2D eigenvalue weighted by atomic mass is 14.3. The van der Waals surface area contributed by atoms with Crippen LogP contribution in [0.4, 0.5) is 0 Å². The van der Waals surface area contributed by atoms with Crippen LogP contribution < -0.4 is 0 Å². The van der Waals surface area contributed by atoms with Gasteiger partial charge >= 0.3 is 0 Å². The van der Waals surface area contributed by atoms with Crippen LogP contribution in [0.1, 0.15) is 62.1 Å². The fraction of sp³-hybridized carbons (Fsp3) is 0.318. The molecule has 0 heteroatoms. The number of hydrogen-bond donors (Lipinski definition) is 0. The maximum Gasteiger partial charge on any atom is 0.0214 e. The lowest BCUT2D eigenvalue weighted by atomic mass is 9.96. The van der Waals surface area contributed by atoms with E-state index >= 15 is 0 Å². The van der Waals surface area contributed by atoms with Crippen LogP contribution in [-0.4, -0.2) is 0 Å². The third-order valence-electron chi connectivity index (χ3n) is 4.53. The van der Waals surface area contributed by atoms with E-state index in [0.717, 1.165) is 0 Å². The van der Waals surface area contributed by atoms with Crippen LogP contribution in [0.15, 0.2) is 54.6 Å². The molecule has 2 aromatic rings. The lowest BCUT2D eigenvalue weighted by Gasteiger charge is -2.09. The van der Waals surface area contributed by atoms with Crippen molar-refractivity contribution in [1.82, 2.24) is 0 Å². The number of unbranched alkanes of at least 4 members (excludes halogenated alkanes) is 4. The van der Waals surface area contributed by atoms with Crippen molar-refractivity contribution >= 4 is 11.1 Å². The van der Waals surface area contributed by atoms with Gasteiger partial charge in [-0.3, -0.25) is 0 Å². The zero-order valence-electron chi connectivity index (χ0n) is 13.5. The summed E-state index contributed by atoms with van der Waals surface area (Å²) in [5, 5.41) is 0. The SMILES string of the molecule is CCCCCCCC1=C(c2ccccc2)[CH]c2ccccc21. The number of rotatable bonds is 7. The molecule has 0 nitrogen and oxygen atoms in total. The first-order valence-corrected chi connectivity index (χ1v) is 8.63. The Labute approximate surface area is 134 Å². The van der Waals surface area contributed by atoms with Gasteiger partial charge < -0.3 is 0 Å². The van der Waals surface area contributed by atoms with Crippen molar-refractivity contribution in [1.29, 1.82) is 0 Å². The molecular weight excluding hydrogens is 264 g/mol. The first-order chi connectivity index (χ1) is 10.9. The molecule has 0 bridgehead atoms. The molecule has 0 N–H and O–H groups in total. The molecule has 0 aliphatic heterocycles. The van der Waals surface area contributed by atoms with Gasteiger partial charge in [0, 0.05) is 6.42 Å². The van der Waals surface area contributed by atoms with Crippen molar-refractivity contribution in [2.45, 2.75) is 45.4 Å². The second kappa shape index (κ2) is 7.45. The predicted octanol–water partition coefficient (Wildman–Crippen LogP) is 6.52. The quantitative estimate of drug-likeness (QED) is 0.509. The Morgan fingerprint density at radius 2 is 1.45 bits per heavy atom. The molecular formula is C22H25. The molecule has 0 fully saturated rings. The lowest BCUT2D eigenvalue weighted by molar-refractivity contribution is 0.640. The van der Waals surface area contributed by atoms with Gasteiger partial charge in [0.1, 0.15) is 0 Å². The third kappa shape index (κ3) is 3.32. The van der Waals surface area contributed by atoms with E-state index in [1.807, 2.05) is 0 Å². The average Bonchev–Trinajstić information content (AvgIpc) is 2.94. The van der Waals surface area contributed by atoms with Crippen molar-refractivity contribution in [2.24, 2.45) is 0 Å².